The molecule has 1 rings (SSSR count). The Bertz CT molecular complexity index is 391. The third-order valence-corrected chi connectivity index (χ3v) is 4.49. The van der Waals surface area contributed by atoms with Crippen LogP contribution < -0.4 is 11.1 Å². The van der Waals surface area contributed by atoms with E-state index in [4.69, 9.17) is 5.73 Å². The molecule has 0 bridgehead atoms. The highest BCUT2D eigenvalue weighted by molar-refractivity contribution is 9.10. The summed E-state index contributed by atoms with van der Waals surface area (Å²) in [6.45, 7) is 2.40. The van der Waals surface area contributed by atoms with Gasteiger partial charge in [-0.15, -0.1) is 24.2 Å². The molecule has 0 aliphatic carbocycles. The quantitative estimate of drug-likeness (QED) is 0.575. The van der Waals surface area contributed by atoms with Crippen LogP contribution in [0.2, 0.25) is 0 Å². The van der Waals surface area contributed by atoms with Gasteiger partial charge in [0.05, 0.1) is 6.04 Å². The number of carbonyl (C=O) groups is 1. The van der Waals surface area contributed by atoms with Crippen LogP contribution in [0, 0.1) is 0 Å². The highest BCUT2D eigenvalue weighted by Crippen LogP contribution is 2.27. The number of rotatable bonds is 7. The van der Waals surface area contributed by atoms with Gasteiger partial charge in [0.2, 0.25) is 5.91 Å². The Hall–Kier alpha value is -0.230. The molecule has 0 saturated heterocycles. The first kappa shape index (κ1) is 18.8. The van der Waals surface area contributed by atoms with Gasteiger partial charge in [-0.2, -0.15) is 0 Å². The van der Waals surface area contributed by atoms with E-state index < -0.39 is 6.04 Å². The monoisotopic (exact) mass is 366 g/mol. The van der Waals surface area contributed by atoms with Crippen LogP contribution in [0.5, 0.6) is 0 Å². The van der Waals surface area contributed by atoms with E-state index >= 15 is 0 Å². The van der Waals surface area contributed by atoms with Crippen molar-refractivity contribution in [3.63, 3.8) is 0 Å². The summed E-state index contributed by atoms with van der Waals surface area (Å²) in [6, 6.07) is 7.78. The Kier molecular flexibility index (Phi) is 10.4. The summed E-state index contributed by atoms with van der Waals surface area (Å²) in [4.78, 5) is 12.5. The van der Waals surface area contributed by atoms with Gasteiger partial charge in [-0.3, -0.25) is 4.79 Å². The predicted molar refractivity (Wildman–Crippen MR) is 88.0 cm³/mol. The lowest BCUT2D eigenvalue weighted by Crippen LogP contribution is -2.38. The van der Waals surface area contributed by atoms with Crippen LogP contribution in [-0.2, 0) is 4.79 Å². The molecular formula is C13H20BrClN2OS. The summed E-state index contributed by atoms with van der Waals surface area (Å²) in [5.41, 5.74) is 5.45. The molecule has 0 saturated carbocycles. The number of hydrogen-bond acceptors (Lipinski definition) is 3. The molecule has 1 aromatic carbocycles. The zero-order valence-electron chi connectivity index (χ0n) is 10.9. The van der Waals surface area contributed by atoms with Gasteiger partial charge in [-0.05, 0) is 53.6 Å². The number of amides is 1. The molecule has 1 amide bonds. The minimum atomic E-state index is -0.417. The number of nitrogens with one attached hydrogen (secondary N) is 1. The van der Waals surface area contributed by atoms with Crippen LogP contribution in [0.1, 0.15) is 19.8 Å². The molecule has 3 nitrogen and oxygen atoms in total. The molecular weight excluding hydrogens is 348 g/mol. The van der Waals surface area contributed by atoms with E-state index in [0.717, 1.165) is 23.1 Å². The average molecular weight is 368 g/mol. The number of carbonyl (C=O) groups excluding carboxylic acids is 1. The molecule has 0 unspecified atom stereocenters. The number of hydrogen-bond donors (Lipinski definition) is 2. The highest BCUT2D eigenvalue weighted by Gasteiger charge is 2.05. The fraction of sp³-hybridized carbons (Fsp3) is 0.462. The topological polar surface area (TPSA) is 55.1 Å². The maximum atomic E-state index is 11.2. The van der Waals surface area contributed by atoms with Gasteiger partial charge < -0.3 is 11.1 Å². The van der Waals surface area contributed by atoms with Crippen LogP contribution in [0.15, 0.2) is 33.6 Å². The van der Waals surface area contributed by atoms with Gasteiger partial charge in [0.1, 0.15) is 0 Å². The highest BCUT2D eigenvalue weighted by atomic mass is 79.9. The second-order valence-corrected chi connectivity index (χ2v) is 6.06. The van der Waals surface area contributed by atoms with Gasteiger partial charge >= 0.3 is 0 Å². The molecule has 1 atom stereocenters. The molecule has 0 radical (unpaired) electrons. The number of nitrogens with two attached hydrogens (primary N) is 1. The van der Waals surface area contributed by atoms with E-state index in [9.17, 15) is 4.79 Å². The van der Waals surface area contributed by atoms with Gasteiger partial charge in [0.25, 0.3) is 0 Å². The first-order chi connectivity index (χ1) is 8.61. The van der Waals surface area contributed by atoms with E-state index in [1.165, 1.54) is 4.90 Å². The minimum absolute atomic E-state index is 0. The maximum absolute atomic E-state index is 11.2. The molecule has 0 aliphatic rings. The van der Waals surface area contributed by atoms with Crippen LogP contribution in [0.25, 0.3) is 0 Å². The zero-order valence-corrected chi connectivity index (χ0v) is 14.1. The minimum Gasteiger partial charge on any atom is -0.355 e. The average Bonchev–Trinajstić information content (AvgIpc) is 2.35. The fourth-order valence-corrected chi connectivity index (χ4v) is 2.92. The van der Waals surface area contributed by atoms with Gasteiger partial charge in [0.15, 0.2) is 0 Å². The first-order valence-corrected chi connectivity index (χ1v) is 7.79. The van der Waals surface area contributed by atoms with Crippen LogP contribution in [-0.4, -0.2) is 24.2 Å². The van der Waals surface area contributed by atoms with Crippen molar-refractivity contribution in [2.75, 3.05) is 12.3 Å². The molecule has 108 valence electrons. The normalized spacial score (nSPS) is 11.5. The lowest BCUT2D eigenvalue weighted by atomic mass is 10.3. The van der Waals surface area contributed by atoms with Crippen molar-refractivity contribution >= 4 is 46.0 Å². The lowest BCUT2D eigenvalue weighted by molar-refractivity contribution is -0.121. The van der Waals surface area contributed by atoms with Gasteiger partial charge in [0, 0.05) is 15.9 Å². The van der Waals surface area contributed by atoms with Crippen LogP contribution in [0.4, 0.5) is 0 Å². The molecule has 0 heterocycles. The Balaban J connectivity index is 0.00000324. The van der Waals surface area contributed by atoms with Crippen molar-refractivity contribution < 1.29 is 4.79 Å². The van der Waals surface area contributed by atoms with Crippen molar-refractivity contribution in [1.29, 1.82) is 0 Å². The van der Waals surface area contributed by atoms with Crippen molar-refractivity contribution in [3.05, 3.63) is 28.7 Å². The molecule has 1 aromatic rings. The predicted octanol–water partition coefficient (Wildman–Crippen LogP) is 3.21. The Morgan fingerprint density at radius 2 is 2.11 bits per heavy atom. The molecule has 3 N–H and O–H groups in total. The zero-order chi connectivity index (χ0) is 13.4. The molecule has 0 aliphatic heterocycles. The van der Waals surface area contributed by atoms with Crippen molar-refractivity contribution in [2.45, 2.75) is 30.7 Å². The molecule has 19 heavy (non-hydrogen) atoms. The van der Waals surface area contributed by atoms with Crippen LogP contribution >= 0.6 is 40.1 Å². The van der Waals surface area contributed by atoms with Gasteiger partial charge in [-0.25, -0.2) is 0 Å². The second kappa shape index (κ2) is 10.5. The third-order valence-electron chi connectivity index (χ3n) is 2.38. The molecule has 6 heteroatoms. The van der Waals surface area contributed by atoms with E-state index in [1.807, 2.05) is 30.0 Å². The Morgan fingerprint density at radius 3 is 2.74 bits per heavy atom. The molecule has 0 fully saturated rings. The Labute approximate surface area is 133 Å². The van der Waals surface area contributed by atoms with Crippen LogP contribution in [0.3, 0.4) is 0 Å². The first-order valence-electron chi connectivity index (χ1n) is 6.02. The van der Waals surface area contributed by atoms with E-state index in [0.29, 0.717) is 6.54 Å². The summed E-state index contributed by atoms with van der Waals surface area (Å²) < 4.78 is 1.14. The lowest BCUT2D eigenvalue weighted by Gasteiger charge is -2.07. The smallest absolute Gasteiger partial charge is 0.236 e. The van der Waals surface area contributed by atoms with Gasteiger partial charge in [-0.1, -0.05) is 12.1 Å². The van der Waals surface area contributed by atoms with Crippen molar-refractivity contribution in [3.8, 4) is 0 Å². The molecule has 0 spiro atoms. The standard InChI is InChI=1S/C13H19BrN2OS.ClH/c1-10(15)13(17)16-8-4-5-9-18-12-7-3-2-6-11(12)14;/h2-3,6-7,10H,4-5,8-9,15H2,1H3,(H,16,17);1H/t10-;/m0./s1. The maximum Gasteiger partial charge on any atom is 0.236 e. The summed E-state index contributed by atoms with van der Waals surface area (Å²) in [6.07, 6.45) is 2.06. The summed E-state index contributed by atoms with van der Waals surface area (Å²) in [5, 5.41) is 2.81. The Morgan fingerprint density at radius 1 is 1.42 bits per heavy atom. The number of benzene rings is 1. The van der Waals surface area contributed by atoms with Crippen molar-refractivity contribution in [2.24, 2.45) is 5.73 Å². The summed E-state index contributed by atoms with van der Waals surface area (Å²) >= 11 is 5.35. The van der Waals surface area contributed by atoms with E-state index in [-0.39, 0.29) is 18.3 Å². The summed E-state index contributed by atoms with van der Waals surface area (Å²) in [7, 11) is 0. The second-order valence-electron chi connectivity index (χ2n) is 4.07. The third kappa shape index (κ3) is 7.82. The number of halogens is 2. The SMILES string of the molecule is C[C@H](N)C(=O)NCCCCSc1ccccc1Br.Cl. The number of thioether (sulfide) groups is 1. The van der Waals surface area contributed by atoms with E-state index in [1.54, 1.807) is 6.92 Å². The molecule has 0 aromatic heterocycles. The fourth-order valence-electron chi connectivity index (χ4n) is 1.34. The number of unbranched alkanes of at least 4 members (excludes halogenated alkanes) is 1. The van der Waals surface area contributed by atoms with E-state index in [2.05, 4.69) is 27.3 Å². The summed E-state index contributed by atoms with van der Waals surface area (Å²) in [5.74, 6) is 0.977. The van der Waals surface area contributed by atoms with Crippen molar-refractivity contribution in [1.82, 2.24) is 5.32 Å². The largest absolute Gasteiger partial charge is 0.355 e.